The minimum absolute atomic E-state index is 0. The second-order valence-corrected chi connectivity index (χ2v) is 6.01. The Hall–Kier alpha value is -1.59. The van der Waals surface area contributed by atoms with Gasteiger partial charge < -0.3 is 16.0 Å². The molecule has 0 saturated carbocycles. The Morgan fingerprint density at radius 2 is 2.00 bits per heavy atom. The van der Waals surface area contributed by atoms with Crippen molar-refractivity contribution in [3.8, 4) is 0 Å². The summed E-state index contributed by atoms with van der Waals surface area (Å²) in [5.41, 5.74) is 2.03. The van der Waals surface area contributed by atoms with E-state index in [1.807, 2.05) is 26.0 Å². The van der Waals surface area contributed by atoms with Crippen LogP contribution in [-0.2, 0) is 9.59 Å². The fourth-order valence-electron chi connectivity index (χ4n) is 2.56. The predicted octanol–water partition coefficient (Wildman–Crippen LogP) is 2.70. The quantitative estimate of drug-likeness (QED) is 0.800. The van der Waals surface area contributed by atoms with E-state index in [0.717, 1.165) is 30.6 Å². The molecule has 1 unspecified atom stereocenters. The van der Waals surface area contributed by atoms with Crippen LogP contribution in [0, 0.1) is 12.3 Å². The summed E-state index contributed by atoms with van der Waals surface area (Å²) in [5, 5.41) is 9.01. The molecular formula is C16H24ClN3O2. The number of carbonyl (C=O) groups is 2. The molecule has 1 saturated heterocycles. The highest BCUT2D eigenvalue weighted by Crippen LogP contribution is 2.28. The minimum Gasteiger partial charge on any atom is -0.326 e. The maximum absolute atomic E-state index is 12.5. The Labute approximate surface area is 137 Å². The molecule has 2 rings (SSSR count). The summed E-state index contributed by atoms with van der Waals surface area (Å²) in [6.45, 7) is 7.05. The van der Waals surface area contributed by atoms with Gasteiger partial charge in [0.2, 0.25) is 11.8 Å². The van der Waals surface area contributed by atoms with Gasteiger partial charge in [-0.05, 0) is 50.9 Å². The van der Waals surface area contributed by atoms with E-state index >= 15 is 0 Å². The molecule has 22 heavy (non-hydrogen) atoms. The van der Waals surface area contributed by atoms with Crippen LogP contribution in [0.5, 0.6) is 0 Å². The zero-order chi connectivity index (χ0) is 15.5. The summed E-state index contributed by atoms with van der Waals surface area (Å²) >= 11 is 0. The lowest BCUT2D eigenvalue weighted by atomic mass is 9.82. The van der Waals surface area contributed by atoms with Crippen molar-refractivity contribution < 1.29 is 9.59 Å². The Morgan fingerprint density at radius 1 is 1.27 bits per heavy atom. The van der Waals surface area contributed by atoms with E-state index in [2.05, 4.69) is 16.0 Å². The molecule has 1 fully saturated rings. The SMILES string of the molecule is CC(=O)Nc1cc(NC(=O)C2(C)CCCNC2)ccc1C.Cl. The van der Waals surface area contributed by atoms with Gasteiger partial charge >= 0.3 is 0 Å². The van der Waals surface area contributed by atoms with E-state index in [1.54, 1.807) is 6.07 Å². The summed E-state index contributed by atoms with van der Waals surface area (Å²) in [6, 6.07) is 5.55. The second kappa shape index (κ2) is 7.61. The molecule has 122 valence electrons. The van der Waals surface area contributed by atoms with Gasteiger partial charge in [-0.25, -0.2) is 0 Å². The van der Waals surface area contributed by atoms with Crippen molar-refractivity contribution in [2.45, 2.75) is 33.6 Å². The van der Waals surface area contributed by atoms with Crippen LogP contribution in [0.1, 0.15) is 32.3 Å². The molecule has 1 aromatic rings. The van der Waals surface area contributed by atoms with E-state index in [-0.39, 0.29) is 29.6 Å². The smallest absolute Gasteiger partial charge is 0.231 e. The van der Waals surface area contributed by atoms with Crippen LogP contribution in [0.2, 0.25) is 0 Å². The third-order valence-corrected chi connectivity index (χ3v) is 3.95. The molecule has 0 bridgehead atoms. The first-order valence-electron chi connectivity index (χ1n) is 7.31. The summed E-state index contributed by atoms with van der Waals surface area (Å²) < 4.78 is 0. The largest absolute Gasteiger partial charge is 0.326 e. The van der Waals surface area contributed by atoms with Gasteiger partial charge in [0, 0.05) is 24.8 Å². The molecule has 1 aliphatic heterocycles. The number of carbonyl (C=O) groups excluding carboxylic acids is 2. The topological polar surface area (TPSA) is 70.2 Å². The number of hydrogen-bond acceptors (Lipinski definition) is 3. The Balaban J connectivity index is 0.00000242. The molecule has 1 heterocycles. The third kappa shape index (κ3) is 4.45. The van der Waals surface area contributed by atoms with Crippen LogP contribution in [0.3, 0.4) is 0 Å². The molecule has 3 N–H and O–H groups in total. The molecule has 5 nitrogen and oxygen atoms in total. The van der Waals surface area contributed by atoms with Crippen molar-refractivity contribution >= 4 is 35.6 Å². The standard InChI is InChI=1S/C16H23N3O2.ClH/c1-11-5-6-13(9-14(11)18-12(2)20)19-15(21)16(3)7-4-8-17-10-16;/h5-6,9,17H,4,7-8,10H2,1-3H3,(H,18,20)(H,19,21);1H. The lowest BCUT2D eigenvalue weighted by Crippen LogP contribution is -2.46. The van der Waals surface area contributed by atoms with Crippen LogP contribution in [0.15, 0.2) is 18.2 Å². The number of amides is 2. The fourth-order valence-corrected chi connectivity index (χ4v) is 2.56. The van der Waals surface area contributed by atoms with Crippen molar-refractivity contribution in [2.75, 3.05) is 23.7 Å². The van der Waals surface area contributed by atoms with Gasteiger partial charge in [-0.3, -0.25) is 9.59 Å². The molecule has 0 aliphatic carbocycles. The number of hydrogen-bond donors (Lipinski definition) is 3. The maximum Gasteiger partial charge on any atom is 0.231 e. The monoisotopic (exact) mass is 325 g/mol. The molecular weight excluding hydrogens is 302 g/mol. The highest BCUT2D eigenvalue weighted by molar-refractivity contribution is 5.97. The fraction of sp³-hybridized carbons (Fsp3) is 0.500. The summed E-state index contributed by atoms with van der Waals surface area (Å²) in [5.74, 6) is -0.0997. The average molecular weight is 326 g/mol. The average Bonchev–Trinajstić information content (AvgIpc) is 2.43. The highest BCUT2D eigenvalue weighted by Gasteiger charge is 2.34. The van der Waals surface area contributed by atoms with Crippen LogP contribution in [0.25, 0.3) is 0 Å². The first-order valence-corrected chi connectivity index (χ1v) is 7.31. The molecule has 0 aromatic heterocycles. The predicted molar refractivity (Wildman–Crippen MR) is 91.6 cm³/mol. The normalized spacial score (nSPS) is 20.7. The van der Waals surface area contributed by atoms with Crippen molar-refractivity contribution in [2.24, 2.45) is 5.41 Å². The number of aryl methyl sites for hydroxylation is 1. The van der Waals surface area contributed by atoms with E-state index in [4.69, 9.17) is 0 Å². The zero-order valence-corrected chi connectivity index (χ0v) is 14.1. The van der Waals surface area contributed by atoms with E-state index < -0.39 is 0 Å². The zero-order valence-electron chi connectivity index (χ0n) is 13.3. The summed E-state index contributed by atoms with van der Waals surface area (Å²) in [7, 11) is 0. The molecule has 1 aromatic carbocycles. The Morgan fingerprint density at radius 3 is 2.59 bits per heavy atom. The van der Waals surface area contributed by atoms with Gasteiger partial charge in [0.1, 0.15) is 0 Å². The number of piperidine rings is 1. The van der Waals surface area contributed by atoms with Gasteiger partial charge in [-0.2, -0.15) is 0 Å². The molecule has 6 heteroatoms. The number of halogens is 1. The van der Waals surface area contributed by atoms with Gasteiger partial charge in [0.05, 0.1) is 5.41 Å². The lowest BCUT2D eigenvalue weighted by molar-refractivity contribution is -0.125. The first-order chi connectivity index (χ1) is 9.90. The van der Waals surface area contributed by atoms with Crippen molar-refractivity contribution in [3.05, 3.63) is 23.8 Å². The molecule has 2 amide bonds. The molecule has 0 radical (unpaired) electrons. The molecule has 1 atom stereocenters. The summed E-state index contributed by atoms with van der Waals surface area (Å²) in [6.07, 6.45) is 1.89. The Kier molecular flexibility index (Phi) is 6.38. The summed E-state index contributed by atoms with van der Waals surface area (Å²) in [4.78, 5) is 23.7. The Bertz CT molecular complexity index is 554. The van der Waals surface area contributed by atoms with Crippen LogP contribution in [-0.4, -0.2) is 24.9 Å². The second-order valence-electron chi connectivity index (χ2n) is 6.01. The molecule has 1 aliphatic rings. The van der Waals surface area contributed by atoms with Crippen molar-refractivity contribution in [1.82, 2.24) is 5.32 Å². The van der Waals surface area contributed by atoms with E-state index in [9.17, 15) is 9.59 Å². The number of anilines is 2. The number of benzene rings is 1. The number of nitrogens with one attached hydrogen (secondary N) is 3. The van der Waals surface area contributed by atoms with Crippen LogP contribution in [0.4, 0.5) is 11.4 Å². The highest BCUT2D eigenvalue weighted by atomic mass is 35.5. The lowest BCUT2D eigenvalue weighted by Gasteiger charge is -2.32. The number of rotatable bonds is 3. The van der Waals surface area contributed by atoms with Crippen molar-refractivity contribution in [3.63, 3.8) is 0 Å². The van der Waals surface area contributed by atoms with E-state index in [0.29, 0.717) is 12.2 Å². The van der Waals surface area contributed by atoms with Gasteiger partial charge in [0.15, 0.2) is 0 Å². The third-order valence-electron chi connectivity index (χ3n) is 3.95. The van der Waals surface area contributed by atoms with Gasteiger partial charge in [-0.15, -0.1) is 12.4 Å². The van der Waals surface area contributed by atoms with E-state index in [1.165, 1.54) is 6.92 Å². The first kappa shape index (κ1) is 18.5. The minimum atomic E-state index is -0.378. The van der Waals surface area contributed by atoms with Crippen LogP contribution >= 0.6 is 12.4 Å². The van der Waals surface area contributed by atoms with Gasteiger partial charge in [-0.1, -0.05) is 6.07 Å². The van der Waals surface area contributed by atoms with Crippen molar-refractivity contribution in [1.29, 1.82) is 0 Å². The molecule has 0 spiro atoms. The maximum atomic E-state index is 12.5. The van der Waals surface area contributed by atoms with Gasteiger partial charge in [0.25, 0.3) is 0 Å². The van der Waals surface area contributed by atoms with Crippen LogP contribution < -0.4 is 16.0 Å².